The lowest BCUT2D eigenvalue weighted by Crippen LogP contribution is -2.46. The highest BCUT2D eigenvalue weighted by Gasteiger charge is 2.50. The molecule has 1 aliphatic heterocycles. The molecule has 2 aromatic rings. The molecular weight excluding hydrogens is 891 g/mol. The number of nitrogens with one attached hydrogen (secondary N) is 2. The Morgan fingerprint density at radius 1 is 0.983 bits per heavy atom. The molecule has 31 heteroatoms. The lowest BCUT2D eigenvalue weighted by Gasteiger charge is -2.30. The number of hydrogen-bond acceptors (Lipinski definition) is 20. The number of hydrogen-bond donors (Lipinski definition) is 10. The standard InChI is InChI=1S/C29H46N7O20P3S/c1-29(2,24(43)27(44)32-8-7-18(38)31-9-10-60-20(41)11-16(37)5-3-4-6-19(39)40)13-53-59(50,51)56-58(48,49)52-12-17-23(55-57(45,46)47)22(42)28(54-17)36-15-35-21-25(30)33-14-34-26(21)36/h14-15,17,22-24,28,42-43H,3-13H2,1-2H3,(H,31,38)(H,32,44)(H,39,40)(H,48,49)(H,50,51)(H2,30,33,34)(H2,45,46,47)/t17-,22-,23-,24+,28-/m1/s1. The Kier molecular flexibility index (Phi) is 18.9. The van der Waals surface area contributed by atoms with Gasteiger partial charge in [0.2, 0.25) is 11.8 Å². The van der Waals surface area contributed by atoms with Crippen molar-refractivity contribution in [1.82, 2.24) is 30.2 Å². The van der Waals surface area contributed by atoms with E-state index in [2.05, 4.69) is 34.4 Å². The van der Waals surface area contributed by atoms with Crippen LogP contribution in [0.1, 0.15) is 58.6 Å². The van der Waals surface area contributed by atoms with Crippen molar-refractivity contribution in [3.63, 3.8) is 0 Å². The van der Waals surface area contributed by atoms with E-state index in [9.17, 15) is 67.5 Å². The molecule has 3 heterocycles. The van der Waals surface area contributed by atoms with E-state index in [-0.39, 0.29) is 67.3 Å². The predicted octanol–water partition coefficient (Wildman–Crippen LogP) is -0.731. The number of aliphatic hydroxyl groups is 2. The fraction of sp³-hybridized carbons (Fsp3) is 0.655. The zero-order valence-corrected chi connectivity index (χ0v) is 35.4. The summed E-state index contributed by atoms with van der Waals surface area (Å²) in [6.07, 6.45) is -6.79. The minimum Gasteiger partial charge on any atom is -0.481 e. The maximum absolute atomic E-state index is 12.7. The van der Waals surface area contributed by atoms with Gasteiger partial charge in [0.15, 0.2) is 22.8 Å². The number of ether oxygens (including phenoxy) is 1. The van der Waals surface area contributed by atoms with Gasteiger partial charge in [0, 0.05) is 43.5 Å². The normalized spacial score (nSPS) is 20.9. The molecule has 27 nitrogen and oxygen atoms in total. The van der Waals surface area contributed by atoms with Crippen molar-refractivity contribution < 1.29 is 95.2 Å². The van der Waals surface area contributed by atoms with Crippen LogP contribution in [0.5, 0.6) is 0 Å². The number of carbonyl (C=O) groups is 5. The molecule has 7 atom stereocenters. The molecule has 1 saturated heterocycles. The van der Waals surface area contributed by atoms with Gasteiger partial charge < -0.3 is 56.0 Å². The van der Waals surface area contributed by atoms with Crippen LogP contribution in [0, 0.1) is 5.41 Å². The lowest BCUT2D eigenvalue weighted by molar-refractivity contribution is -0.138. The van der Waals surface area contributed by atoms with Crippen LogP contribution in [-0.4, -0.2) is 140 Å². The number of phosphoric ester groups is 3. The molecule has 0 aromatic carbocycles. The fourth-order valence-corrected chi connectivity index (χ4v) is 8.72. The number of fused-ring (bicyclic) bond motifs is 1. The van der Waals surface area contributed by atoms with Gasteiger partial charge in [-0.2, -0.15) is 4.31 Å². The monoisotopic (exact) mass is 937 g/mol. The van der Waals surface area contributed by atoms with E-state index in [1.165, 1.54) is 13.8 Å². The molecule has 11 N–H and O–H groups in total. The van der Waals surface area contributed by atoms with Gasteiger partial charge in [-0.25, -0.2) is 28.6 Å². The first kappa shape index (κ1) is 51.1. The Balaban J connectivity index is 1.43. The van der Waals surface area contributed by atoms with Crippen LogP contribution in [0.3, 0.4) is 0 Å². The number of unbranched alkanes of at least 4 members (excludes halogenated alkanes) is 1. The van der Waals surface area contributed by atoms with E-state index in [4.69, 9.17) is 24.6 Å². The Morgan fingerprint density at radius 2 is 1.65 bits per heavy atom. The number of ketones is 1. The largest absolute Gasteiger partial charge is 0.481 e. The average molecular weight is 938 g/mol. The number of aromatic nitrogens is 4. The summed E-state index contributed by atoms with van der Waals surface area (Å²) in [5.74, 6) is -2.76. The molecule has 1 aliphatic rings. The van der Waals surface area contributed by atoms with Crippen molar-refractivity contribution in [2.45, 2.75) is 83.0 Å². The van der Waals surface area contributed by atoms with Crippen LogP contribution in [0.15, 0.2) is 12.7 Å². The second-order valence-electron chi connectivity index (χ2n) is 13.6. The lowest BCUT2D eigenvalue weighted by atomic mass is 9.87. The average Bonchev–Trinajstić information content (AvgIpc) is 3.69. The van der Waals surface area contributed by atoms with Gasteiger partial charge in [0.05, 0.1) is 26.0 Å². The van der Waals surface area contributed by atoms with Gasteiger partial charge in [0.1, 0.15) is 42.0 Å². The highest BCUT2D eigenvalue weighted by Crippen LogP contribution is 2.61. The first-order valence-corrected chi connectivity index (χ1v) is 23.1. The molecule has 2 amide bonds. The number of nitrogens with two attached hydrogens (primary N) is 1. The molecule has 0 saturated carbocycles. The fourth-order valence-electron chi connectivity index (χ4n) is 5.19. The number of aliphatic hydroxyl groups excluding tert-OH is 2. The summed E-state index contributed by atoms with van der Waals surface area (Å²) in [4.78, 5) is 110. The summed E-state index contributed by atoms with van der Waals surface area (Å²) in [6, 6.07) is 0. The topological polar surface area (TPSA) is 418 Å². The third-order valence-electron chi connectivity index (χ3n) is 8.20. The van der Waals surface area contributed by atoms with Crippen molar-refractivity contribution in [1.29, 1.82) is 0 Å². The second kappa shape index (κ2) is 22.2. The minimum atomic E-state index is -5.60. The summed E-state index contributed by atoms with van der Waals surface area (Å²) < 4.78 is 62.0. The molecule has 338 valence electrons. The molecule has 2 unspecified atom stereocenters. The Bertz CT molecular complexity index is 2000. The van der Waals surface area contributed by atoms with Gasteiger partial charge in [-0.15, -0.1) is 0 Å². The van der Waals surface area contributed by atoms with E-state index in [1.54, 1.807) is 0 Å². The number of phosphoric acid groups is 3. The van der Waals surface area contributed by atoms with E-state index < -0.39 is 95.6 Å². The second-order valence-corrected chi connectivity index (χ2v) is 19.0. The first-order chi connectivity index (χ1) is 27.8. The molecule has 60 heavy (non-hydrogen) atoms. The summed E-state index contributed by atoms with van der Waals surface area (Å²) in [5, 5.41) is 34.4. The van der Waals surface area contributed by atoms with Crippen LogP contribution in [0.2, 0.25) is 0 Å². The number of nitrogens with zero attached hydrogens (tertiary/aromatic N) is 4. The zero-order chi connectivity index (χ0) is 45.1. The maximum atomic E-state index is 12.7. The molecule has 0 bridgehead atoms. The Labute approximate surface area is 344 Å². The van der Waals surface area contributed by atoms with Crippen LogP contribution in [0.25, 0.3) is 11.2 Å². The van der Waals surface area contributed by atoms with Crippen LogP contribution < -0.4 is 16.4 Å². The molecule has 0 radical (unpaired) electrons. The highest BCUT2D eigenvalue weighted by molar-refractivity contribution is 8.13. The molecule has 3 rings (SSSR count). The molecule has 1 fully saturated rings. The number of anilines is 1. The molecule has 0 spiro atoms. The van der Waals surface area contributed by atoms with Gasteiger partial charge >= 0.3 is 29.4 Å². The number of carbonyl (C=O) groups excluding carboxylic acids is 4. The third kappa shape index (κ3) is 16.5. The van der Waals surface area contributed by atoms with Crippen molar-refractivity contribution in [2.75, 3.05) is 37.8 Å². The van der Waals surface area contributed by atoms with Gasteiger partial charge in [-0.1, -0.05) is 25.6 Å². The van der Waals surface area contributed by atoms with Crippen molar-refractivity contribution >= 4 is 80.9 Å². The quantitative estimate of drug-likeness (QED) is 0.0316. The number of carboxylic acids is 1. The van der Waals surface area contributed by atoms with Crippen molar-refractivity contribution in [3.8, 4) is 0 Å². The minimum absolute atomic E-state index is 0.0159. The third-order valence-corrected chi connectivity index (χ3v) is 12.2. The van der Waals surface area contributed by atoms with Crippen LogP contribution >= 0.6 is 35.2 Å². The summed E-state index contributed by atoms with van der Waals surface area (Å²) in [6.45, 7) is 0.145. The van der Waals surface area contributed by atoms with E-state index >= 15 is 0 Å². The number of nitrogen functional groups attached to an aromatic ring is 1. The smallest absolute Gasteiger partial charge is 0.481 e. The first-order valence-electron chi connectivity index (χ1n) is 17.6. The molecule has 2 aromatic heterocycles. The van der Waals surface area contributed by atoms with E-state index in [1.807, 2.05) is 0 Å². The summed E-state index contributed by atoms with van der Waals surface area (Å²) >= 11 is 0.828. The predicted molar refractivity (Wildman–Crippen MR) is 203 cm³/mol. The summed E-state index contributed by atoms with van der Waals surface area (Å²) in [7, 11) is -16.5. The van der Waals surface area contributed by atoms with Gasteiger partial charge in [-0.3, -0.25) is 42.1 Å². The van der Waals surface area contributed by atoms with E-state index in [0.29, 0.717) is 12.8 Å². The molecule has 0 aliphatic carbocycles. The number of carboxylic acid groups (broad SMARTS) is 1. The van der Waals surface area contributed by atoms with Crippen LogP contribution in [-0.2, 0) is 60.3 Å². The Morgan fingerprint density at radius 3 is 2.32 bits per heavy atom. The zero-order valence-electron chi connectivity index (χ0n) is 31.9. The van der Waals surface area contributed by atoms with Crippen LogP contribution in [0.4, 0.5) is 5.82 Å². The number of Topliss-reactive ketones (excluding diaryl/α,β-unsaturated/α-hetero) is 1. The van der Waals surface area contributed by atoms with Gasteiger partial charge in [0.25, 0.3) is 0 Å². The maximum Gasteiger partial charge on any atom is 0.481 e. The van der Waals surface area contributed by atoms with Gasteiger partial charge in [-0.05, 0) is 12.8 Å². The highest BCUT2D eigenvalue weighted by atomic mass is 32.2. The van der Waals surface area contributed by atoms with E-state index in [0.717, 1.165) is 29.0 Å². The number of imidazole rings is 1. The number of rotatable bonds is 26. The number of amides is 2. The SMILES string of the molecule is CC(C)(COP(=O)(O)OP(=O)(O)OC[C@H]1O[C@@H](n2cnc3c(N)ncnc32)[C@H](O)[C@@H]1OP(=O)(O)O)[C@@H](O)C(=O)NCCC(=O)NCCSC(=O)CC(=O)CCCCC(=O)O. The van der Waals surface area contributed by atoms with Crippen molar-refractivity contribution in [2.24, 2.45) is 5.41 Å². The molecular formula is C29H46N7O20P3S. The number of aliphatic carboxylic acids is 1. The Hall–Kier alpha value is -3.30. The number of thioether (sulfide) groups is 1. The summed E-state index contributed by atoms with van der Waals surface area (Å²) in [5.41, 5.74) is 4.18. The van der Waals surface area contributed by atoms with Crippen molar-refractivity contribution in [3.05, 3.63) is 12.7 Å².